The standard InChI is InChI=1S/C22H25ClFN3O/c23-19-8-2-1-7-18(19)22(28)27-11-5-6-17(16-27)25-12-14-26(15-13-25)21-10-4-3-9-20(21)24/h1-4,7-10,17H,5-6,11-16H2/t17-/m0/s1. The fourth-order valence-electron chi connectivity index (χ4n) is 4.28. The first-order valence-corrected chi connectivity index (χ1v) is 10.3. The summed E-state index contributed by atoms with van der Waals surface area (Å²) in [5, 5.41) is 0.508. The van der Waals surface area contributed by atoms with Gasteiger partial charge in [0.2, 0.25) is 0 Å². The second-order valence-electron chi connectivity index (χ2n) is 7.50. The summed E-state index contributed by atoms with van der Waals surface area (Å²) in [7, 11) is 0. The Morgan fingerprint density at radius 2 is 1.68 bits per heavy atom. The van der Waals surface area contributed by atoms with Gasteiger partial charge >= 0.3 is 0 Å². The van der Waals surface area contributed by atoms with E-state index in [-0.39, 0.29) is 11.7 Å². The number of hydrogen-bond acceptors (Lipinski definition) is 3. The van der Waals surface area contributed by atoms with Gasteiger partial charge in [0, 0.05) is 45.3 Å². The summed E-state index contributed by atoms with van der Waals surface area (Å²) in [6, 6.07) is 14.6. The lowest BCUT2D eigenvalue weighted by molar-refractivity contribution is 0.0563. The van der Waals surface area contributed by atoms with Crippen molar-refractivity contribution < 1.29 is 9.18 Å². The number of carbonyl (C=O) groups is 1. The van der Waals surface area contributed by atoms with Crippen molar-refractivity contribution in [2.45, 2.75) is 18.9 Å². The lowest BCUT2D eigenvalue weighted by Gasteiger charge is -2.44. The fraction of sp³-hybridized carbons (Fsp3) is 0.409. The van der Waals surface area contributed by atoms with E-state index in [4.69, 9.17) is 11.6 Å². The molecule has 0 bridgehead atoms. The second-order valence-corrected chi connectivity index (χ2v) is 7.91. The second kappa shape index (κ2) is 8.50. The van der Waals surface area contributed by atoms with Crippen LogP contribution in [-0.2, 0) is 0 Å². The van der Waals surface area contributed by atoms with Crippen LogP contribution in [0.5, 0.6) is 0 Å². The highest BCUT2D eigenvalue weighted by molar-refractivity contribution is 6.33. The van der Waals surface area contributed by atoms with Crippen LogP contribution in [0.3, 0.4) is 0 Å². The first-order chi connectivity index (χ1) is 13.6. The highest BCUT2D eigenvalue weighted by Crippen LogP contribution is 2.25. The summed E-state index contributed by atoms with van der Waals surface area (Å²) in [5.74, 6) is -0.148. The zero-order chi connectivity index (χ0) is 19.5. The van der Waals surface area contributed by atoms with Crippen LogP contribution < -0.4 is 4.90 Å². The van der Waals surface area contributed by atoms with Gasteiger partial charge < -0.3 is 9.80 Å². The third kappa shape index (κ3) is 4.01. The molecule has 4 rings (SSSR count). The minimum atomic E-state index is -0.162. The van der Waals surface area contributed by atoms with Gasteiger partial charge in [0.1, 0.15) is 5.82 Å². The van der Waals surface area contributed by atoms with E-state index >= 15 is 0 Å². The number of piperazine rings is 1. The minimum Gasteiger partial charge on any atom is -0.367 e. The lowest BCUT2D eigenvalue weighted by Crippen LogP contribution is -2.56. The highest BCUT2D eigenvalue weighted by Gasteiger charge is 2.31. The van der Waals surface area contributed by atoms with E-state index in [1.165, 1.54) is 6.07 Å². The van der Waals surface area contributed by atoms with Crippen molar-refractivity contribution in [3.8, 4) is 0 Å². The van der Waals surface area contributed by atoms with Gasteiger partial charge in [-0.2, -0.15) is 0 Å². The molecule has 4 nitrogen and oxygen atoms in total. The van der Waals surface area contributed by atoms with E-state index in [1.807, 2.05) is 29.2 Å². The molecule has 0 aromatic heterocycles. The zero-order valence-electron chi connectivity index (χ0n) is 15.9. The number of nitrogens with zero attached hydrogens (tertiary/aromatic N) is 3. The number of anilines is 1. The van der Waals surface area contributed by atoms with E-state index in [2.05, 4.69) is 9.80 Å². The maximum atomic E-state index is 14.0. The predicted molar refractivity (Wildman–Crippen MR) is 111 cm³/mol. The summed E-state index contributed by atoms with van der Waals surface area (Å²) in [6.45, 7) is 4.87. The van der Waals surface area contributed by atoms with Crippen LogP contribution >= 0.6 is 11.6 Å². The predicted octanol–water partition coefficient (Wildman–Crippen LogP) is 3.91. The van der Waals surface area contributed by atoms with Gasteiger partial charge in [0.15, 0.2) is 0 Å². The van der Waals surface area contributed by atoms with Crippen LogP contribution in [-0.4, -0.2) is 61.0 Å². The summed E-state index contributed by atoms with van der Waals surface area (Å²) < 4.78 is 14.0. The van der Waals surface area contributed by atoms with Crippen LogP contribution in [0.2, 0.25) is 5.02 Å². The van der Waals surface area contributed by atoms with Crippen molar-refractivity contribution in [2.24, 2.45) is 0 Å². The molecule has 0 aliphatic carbocycles. The maximum absolute atomic E-state index is 14.0. The molecule has 6 heteroatoms. The Kier molecular flexibility index (Phi) is 5.83. The molecular formula is C22H25ClFN3O. The van der Waals surface area contributed by atoms with Crippen molar-refractivity contribution in [3.63, 3.8) is 0 Å². The number of rotatable bonds is 3. The first kappa shape index (κ1) is 19.2. The molecule has 2 aliphatic heterocycles. The Labute approximate surface area is 170 Å². The molecule has 1 amide bonds. The van der Waals surface area contributed by atoms with Crippen molar-refractivity contribution in [3.05, 3.63) is 64.9 Å². The van der Waals surface area contributed by atoms with Crippen molar-refractivity contribution >= 4 is 23.2 Å². The Bertz CT molecular complexity index is 838. The largest absolute Gasteiger partial charge is 0.367 e. The Morgan fingerprint density at radius 3 is 2.43 bits per heavy atom. The number of likely N-dealkylation sites (tertiary alicyclic amines) is 1. The summed E-state index contributed by atoms with van der Waals surface area (Å²) in [5.41, 5.74) is 1.26. The number of benzene rings is 2. The van der Waals surface area contributed by atoms with E-state index in [1.54, 1.807) is 18.2 Å². The van der Waals surface area contributed by atoms with Crippen LogP contribution in [0.15, 0.2) is 48.5 Å². The Morgan fingerprint density at radius 1 is 0.964 bits per heavy atom. The smallest absolute Gasteiger partial charge is 0.255 e. The molecule has 2 fully saturated rings. The molecule has 28 heavy (non-hydrogen) atoms. The molecular weight excluding hydrogens is 377 g/mol. The average Bonchev–Trinajstić information content (AvgIpc) is 2.74. The van der Waals surface area contributed by atoms with Crippen LogP contribution in [0, 0.1) is 5.82 Å². The first-order valence-electron chi connectivity index (χ1n) is 9.91. The van der Waals surface area contributed by atoms with E-state index in [0.29, 0.717) is 22.3 Å². The molecule has 2 aliphatic rings. The van der Waals surface area contributed by atoms with Crippen LogP contribution in [0.25, 0.3) is 0 Å². The Balaban J connectivity index is 1.37. The maximum Gasteiger partial charge on any atom is 0.255 e. The third-order valence-electron chi connectivity index (χ3n) is 5.81. The zero-order valence-corrected chi connectivity index (χ0v) is 16.6. The molecule has 2 aromatic carbocycles. The fourth-order valence-corrected chi connectivity index (χ4v) is 4.49. The number of hydrogen-bond donors (Lipinski definition) is 0. The van der Waals surface area contributed by atoms with Gasteiger partial charge in [-0.15, -0.1) is 0 Å². The van der Waals surface area contributed by atoms with Crippen molar-refractivity contribution in [1.29, 1.82) is 0 Å². The normalized spacial score (nSPS) is 21.0. The van der Waals surface area contributed by atoms with E-state index in [9.17, 15) is 9.18 Å². The third-order valence-corrected chi connectivity index (χ3v) is 6.14. The molecule has 0 radical (unpaired) electrons. The van der Waals surface area contributed by atoms with Crippen molar-refractivity contribution in [1.82, 2.24) is 9.80 Å². The molecule has 148 valence electrons. The molecule has 0 unspecified atom stereocenters. The molecule has 0 spiro atoms. The number of halogens is 2. The average molecular weight is 402 g/mol. The molecule has 0 saturated carbocycles. The number of amides is 1. The van der Waals surface area contributed by atoms with Gasteiger partial charge in [-0.1, -0.05) is 35.9 Å². The van der Waals surface area contributed by atoms with Crippen LogP contribution in [0.1, 0.15) is 23.2 Å². The van der Waals surface area contributed by atoms with Crippen molar-refractivity contribution in [2.75, 3.05) is 44.2 Å². The number of para-hydroxylation sites is 1. The van der Waals surface area contributed by atoms with E-state index < -0.39 is 0 Å². The molecule has 2 saturated heterocycles. The monoisotopic (exact) mass is 401 g/mol. The lowest BCUT2D eigenvalue weighted by atomic mass is 10.0. The highest BCUT2D eigenvalue weighted by atomic mass is 35.5. The number of carbonyl (C=O) groups excluding carboxylic acids is 1. The molecule has 2 heterocycles. The quantitative estimate of drug-likeness (QED) is 0.780. The summed E-state index contributed by atoms with van der Waals surface area (Å²) in [6.07, 6.45) is 2.08. The molecule has 2 aromatic rings. The SMILES string of the molecule is O=C(c1ccccc1Cl)N1CCC[C@H](N2CCN(c3ccccc3F)CC2)C1. The summed E-state index contributed by atoms with van der Waals surface area (Å²) in [4.78, 5) is 19.4. The van der Waals surface area contributed by atoms with E-state index in [0.717, 1.165) is 52.1 Å². The molecule has 1 atom stereocenters. The van der Waals surface area contributed by atoms with Gasteiger partial charge in [0.25, 0.3) is 5.91 Å². The molecule has 0 N–H and O–H groups in total. The van der Waals surface area contributed by atoms with Gasteiger partial charge in [-0.3, -0.25) is 9.69 Å². The minimum absolute atomic E-state index is 0.0142. The topological polar surface area (TPSA) is 26.8 Å². The van der Waals surface area contributed by atoms with Gasteiger partial charge in [-0.05, 0) is 37.1 Å². The van der Waals surface area contributed by atoms with Gasteiger partial charge in [0.05, 0.1) is 16.3 Å². The summed E-state index contributed by atoms with van der Waals surface area (Å²) >= 11 is 6.22. The van der Waals surface area contributed by atoms with Crippen LogP contribution in [0.4, 0.5) is 10.1 Å². The Hall–Kier alpha value is -2.11. The number of piperidine rings is 1. The van der Waals surface area contributed by atoms with Gasteiger partial charge in [-0.25, -0.2) is 4.39 Å².